The molecule has 2 aromatic rings. The average molecular weight is 402 g/mol. The third kappa shape index (κ3) is 3.65. The van der Waals surface area contributed by atoms with Gasteiger partial charge in [0.25, 0.3) is 5.56 Å². The lowest BCUT2D eigenvalue weighted by atomic mass is 10.1. The normalized spacial score (nSPS) is 17.4. The molecule has 2 aliphatic rings. The largest absolute Gasteiger partial charge is 0.468 e. The highest BCUT2D eigenvalue weighted by Gasteiger charge is 2.26. The highest BCUT2D eigenvalue weighted by molar-refractivity contribution is 5.71. The summed E-state index contributed by atoms with van der Waals surface area (Å²) in [6, 6.07) is 0. The number of aromatic nitrogens is 4. The molecule has 156 valence electrons. The van der Waals surface area contributed by atoms with Crippen molar-refractivity contribution in [3.63, 3.8) is 0 Å². The molecule has 0 radical (unpaired) electrons. The van der Waals surface area contributed by atoms with Gasteiger partial charge < -0.3 is 24.3 Å². The number of anilines is 1. The molecule has 0 atom stereocenters. The van der Waals surface area contributed by atoms with Gasteiger partial charge in [0.15, 0.2) is 5.82 Å². The minimum Gasteiger partial charge on any atom is -0.468 e. The number of fused-ring (bicyclic) bond motifs is 1. The fourth-order valence-electron chi connectivity index (χ4n) is 3.88. The van der Waals surface area contributed by atoms with Gasteiger partial charge in [-0.2, -0.15) is 9.50 Å². The van der Waals surface area contributed by atoms with Crippen molar-refractivity contribution in [2.45, 2.75) is 26.3 Å². The summed E-state index contributed by atoms with van der Waals surface area (Å²) >= 11 is 0. The van der Waals surface area contributed by atoms with E-state index in [1.807, 2.05) is 13.0 Å². The zero-order valence-corrected chi connectivity index (χ0v) is 16.8. The number of ether oxygens (including phenoxy) is 2. The lowest BCUT2D eigenvalue weighted by Crippen LogP contribution is -2.47. The van der Waals surface area contributed by atoms with Crippen LogP contribution in [0.4, 0.5) is 5.69 Å². The predicted octanol–water partition coefficient (Wildman–Crippen LogP) is -0.160. The Morgan fingerprint density at radius 3 is 2.79 bits per heavy atom. The first-order chi connectivity index (χ1) is 14.1. The molecular weight excluding hydrogens is 376 g/mol. The van der Waals surface area contributed by atoms with E-state index >= 15 is 0 Å². The number of hydrogen-bond donors (Lipinski definition) is 1. The minimum atomic E-state index is -0.397. The number of esters is 1. The van der Waals surface area contributed by atoms with Crippen LogP contribution in [0.5, 0.6) is 0 Å². The molecule has 0 aliphatic carbocycles. The Morgan fingerprint density at radius 2 is 2.14 bits per heavy atom. The second-order valence-corrected chi connectivity index (χ2v) is 7.05. The van der Waals surface area contributed by atoms with Crippen molar-refractivity contribution >= 4 is 23.0 Å². The third-order valence-electron chi connectivity index (χ3n) is 5.36. The maximum atomic E-state index is 13.4. The van der Waals surface area contributed by atoms with Gasteiger partial charge in [0, 0.05) is 26.2 Å². The van der Waals surface area contributed by atoms with Crippen LogP contribution in [0.3, 0.4) is 0 Å². The molecule has 0 unspecified atom stereocenters. The van der Waals surface area contributed by atoms with Gasteiger partial charge in [-0.1, -0.05) is 13.0 Å². The van der Waals surface area contributed by atoms with Crippen molar-refractivity contribution in [3.05, 3.63) is 27.9 Å². The Hall–Kier alpha value is -2.72. The first-order valence-electron chi connectivity index (χ1n) is 9.96. The van der Waals surface area contributed by atoms with Crippen LogP contribution >= 0.6 is 0 Å². The van der Waals surface area contributed by atoms with E-state index in [2.05, 4.69) is 20.3 Å². The Labute approximate surface area is 168 Å². The molecular formula is C19H26N6O4. The average Bonchev–Trinajstić information content (AvgIpc) is 3.22. The fraction of sp³-hybridized carbons (Fsp3) is 0.579. The summed E-state index contributed by atoms with van der Waals surface area (Å²) in [6.07, 6.45) is 3.21. The van der Waals surface area contributed by atoms with E-state index in [0.717, 1.165) is 37.4 Å². The summed E-state index contributed by atoms with van der Waals surface area (Å²) in [6.45, 7) is 6.09. The van der Waals surface area contributed by atoms with E-state index in [1.165, 1.54) is 11.6 Å². The summed E-state index contributed by atoms with van der Waals surface area (Å²) in [5, 5.41) is 7.82. The molecule has 29 heavy (non-hydrogen) atoms. The van der Waals surface area contributed by atoms with Crippen molar-refractivity contribution in [2.24, 2.45) is 0 Å². The van der Waals surface area contributed by atoms with E-state index in [0.29, 0.717) is 43.3 Å². The van der Waals surface area contributed by atoms with E-state index in [-0.39, 0.29) is 12.1 Å². The van der Waals surface area contributed by atoms with Crippen molar-refractivity contribution in [1.82, 2.24) is 24.5 Å². The molecule has 1 N–H and O–H groups in total. The Bertz CT molecular complexity index is 1000. The second kappa shape index (κ2) is 8.34. The zero-order chi connectivity index (χ0) is 20.4. The molecule has 0 bridgehead atoms. The maximum Gasteiger partial charge on any atom is 0.325 e. The van der Waals surface area contributed by atoms with Crippen LogP contribution in [-0.4, -0.2) is 71.6 Å². The molecule has 2 aliphatic heterocycles. The minimum absolute atomic E-state index is 0.0250. The topological polar surface area (TPSA) is 103 Å². The lowest BCUT2D eigenvalue weighted by Gasteiger charge is -2.31. The first kappa shape index (κ1) is 19.6. The van der Waals surface area contributed by atoms with Crippen LogP contribution in [0.1, 0.15) is 24.9 Å². The third-order valence-corrected chi connectivity index (χ3v) is 5.36. The van der Waals surface area contributed by atoms with E-state index in [9.17, 15) is 9.59 Å². The first-order valence-corrected chi connectivity index (χ1v) is 9.96. The van der Waals surface area contributed by atoms with Crippen LogP contribution in [0.15, 0.2) is 10.9 Å². The van der Waals surface area contributed by atoms with Crippen molar-refractivity contribution in [2.75, 3.05) is 51.4 Å². The van der Waals surface area contributed by atoms with Crippen LogP contribution in [-0.2, 0) is 27.2 Å². The molecule has 1 fully saturated rings. The highest BCUT2D eigenvalue weighted by atomic mass is 16.5. The second-order valence-electron chi connectivity index (χ2n) is 7.05. The predicted molar refractivity (Wildman–Crippen MR) is 107 cm³/mol. The van der Waals surface area contributed by atoms with E-state index in [1.54, 1.807) is 4.57 Å². The van der Waals surface area contributed by atoms with E-state index in [4.69, 9.17) is 9.47 Å². The number of carbonyl (C=O) groups is 1. The van der Waals surface area contributed by atoms with E-state index < -0.39 is 5.97 Å². The summed E-state index contributed by atoms with van der Waals surface area (Å²) in [4.78, 5) is 32.3. The quantitative estimate of drug-likeness (QED) is 0.689. The standard InChI is InChI=1S/C19H26N6O4/c1-3-14-16(23-8-6-20-7-9-23)18(27)25-19(24(14)12-15(26)28-2)21-17(22-25)13-4-10-29-11-5-13/h4,20H,3,5-12H2,1-2H3. The van der Waals surface area contributed by atoms with Gasteiger partial charge in [0.2, 0.25) is 5.78 Å². The van der Waals surface area contributed by atoms with Gasteiger partial charge in [0.05, 0.1) is 26.0 Å². The summed E-state index contributed by atoms with van der Waals surface area (Å²) in [7, 11) is 1.35. The van der Waals surface area contributed by atoms with Crippen molar-refractivity contribution < 1.29 is 14.3 Å². The van der Waals surface area contributed by atoms with Gasteiger partial charge in [-0.05, 0) is 18.4 Å². The molecule has 0 aromatic carbocycles. The maximum absolute atomic E-state index is 13.4. The van der Waals surface area contributed by atoms with Gasteiger partial charge >= 0.3 is 5.97 Å². The molecule has 0 amide bonds. The fourth-order valence-corrected chi connectivity index (χ4v) is 3.88. The van der Waals surface area contributed by atoms with Gasteiger partial charge in [0.1, 0.15) is 12.2 Å². The number of carbonyl (C=O) groups excluding carboxylic acids is 1. The molecule has 4 heterocycles. The van der Waals surface area contributed by atoms with Crippen LogP contribution < -0.4 is 15.8 Å². The highest BCUT2D eigenvalue weighted by Crippen LogP contribution is 2.23. The molecule has 2 aromatic heterocycles. The smallest absolute Gasteiger partial charge is 0.325 e. The van der Waals surface area contributed by atoms with Crippen LogP contribution in [0.2, 0.25) is 0 Å². The monoisotopic (exact) mass is 402 g/mol. The van der Waals surface area contributed by atoms with Gasteiger partial charge in [-0.25, -0.2) is 0 Å². The lowest BCUT2D eigenvalue weighted by molar-refractivity contribution is -0.141. The van der Waals surface area contributed by atoms with Gasteiger partial charge in [-0.15, -0.1) is 5.10 Å². The number of nitrogens with zero attached hydrogens (tertiary/aromatic N) is 5. The summed E-state index contributed by atoms with van der Waals surface area (Å²) < 4.78 is 13.3. The Kier molecular flexibility index (Phi) is 5.63. The molecule has 4 rings (SSSR count). The number of methoxy groups -OCH3 is 1. The Morgan fingerprint density at radius 1 is 1.34 bits per heavy atom. The van der Waals surface area contributed by atoms with Crippen molar-refractivity contribution in [3.8, 4) is 0 Å². The number of hydrogen-bond acceptors (Lipinski definition) is 8. The van der Waals surface area contributed by atoms with Crippen LogP contribution in [0.25, 0.3) is 11.4 Å². The van der Waals surface area contributed by atoms with Crippen LogP contribution in [0, 0.1) is 0 Å². The number of piperazine rings is 1. The molecule has 10 nitrogen and oxygen atoms in total. The SMILES string of the molecule is CCc1c(N2CCNCC2)c(=O)n2nc(C3=CCOCC3)nc2n1CC(=O)OC. The number of rotatable bonds is 5. The Balaban J connectivity index is 1.94. The molecule has 0 spiro atoms. The summed E-state index contributed by atoms with van der Waals surface area (Å²) in [5.41, 5.74) is 2.11. The van der Waals surface area contributed by atoms with Gasteiger partial charge in [-0.3, -0.25) is 9.59 Å². The molecule has 0 saturated carbocycles. The molecule has 1 saturated heterocycles. The number of nitrogens with one attached hydrogen (secondary N) is 1. The van der Waals surface area contributed by atoms with Crippen molar-refractivity contribution in [1.29, 1.82) is 0 Å². The zero-order valence-electron chi connectivity index (χ0n) is 16.8. The molecule has 10 heteroatoms. The summed E-state index contributed by atoms with van der Waals surface area (Å²) in [5.74, 6) is 0.466.